The van der Waals surface area contributed by atoms with Crippen molar-refractivity contribution >= 4 is 11.6 Å². The monoisotopic (exact) mass is 277 g/mol. The van der Waals surface area contributed by atoms with Crippen LogP contribution in [0.4, 0.5) is 24.8 Å². The molecule has 5 nitrogen and oxygen atoms in total. The molecule has 0 spiro atoms. The molecule has 0 fully saturated rings. The highest BCUT2D eigenvalue weighted by atomic mass is 19.4. The van der Waals surface area contributed by atoms with E-state index in [1.807, 2.05) is 20.8 Å². The molecule has 1 aromatic rings. The number of hydrazine groups is 1. The minimum Gasteiger partial charge on any atom is -0.359 e. The number of alkyl halides is 3. The summed E-state index contributed by atoms with van der Waals surface area (Å²) in [6, 6.07) is 1.38. The highest BCUT2D eigenvalue weighted by Gasteiger charge is 2.35. The van der Waals surface area contributed by atoms with Crippen LogP contribution in [0.1, 0.15) is 26.6 Å². The van der Waals surface area contributed by atoms with Gasteiger partial charge in [-0.15, -0.1) is 0 Å². The van der Waals surface area contributed by atoms with E-state index in [1.165, 1.54) is 6.07 Å². The van der Waals surface area contributed by atoms with E-state index >= 15 is 0 Å². The maximum atomic E-state index is 12.7. The molecular weight excluding hydrogens is 259 g/mol. The van der Waals surface area contributed by atoms with Gasteiger partial charge in [-0.2, -0.15) is 13.2 Å². The molecule has 0 aliphatic rings. The summed E-state index contributed by atoms with van der Waals surface area (Å²) in [5, 5.41) is 0. The van der Waals surface area contributed by atoms with Crippen LogP contribution < -0.4 is 16.2 Å². The van der Waals surface area contributed by atoms with Crippen molar-refractivity contribution in [3.8, 4) is 0 Å². The Morgan fingerprint density at radius 1 is 1.26 bits per heavy atom. The van der Waals surface area contributed by atoms with Crippen molar-refractivity contribution in [3.63, 3.8) is 0 Å². The van der Waals surface area contributed by atoms with E-state index in [1.54, 1.807) is 11.9 Å². The summed E-state index contributed by atoms with van der Waals surface area (Å²) in [7, 11) is 1.67. The Kier molecular flexibility index (Phi) is 4.24. The van der Waals surface area contributed by atoms with Crippen LogP contribution in [0.3, 0.4) is 0 Å². The summed E-state index contributed by atoms with van der Waals surface area (Å²) in [6.07, 6.45) is -4.61. The summed E-state index contributed by atoms with van der Waals surface area (Å²) in [5.74, 6) is 4.02. The molecule has 0 aromatic carbocycles. The molecule has 0 unspecified atom stereocenters. The molecule has 0 atom stereocenters. The van der Waals surface area contributed by atoms with Gasteiger partial charge in [-0.3, -0.25) is 0 Å². The van der Waals surface area contributed by atoms with Crippen LogP contribution in [0, 0.1) is 5.41 Å². The first-order valence-electron chi connectivity index (χ1n) is 5.67. The van der Waals surface area contributed by atoms with Crippen molar-refractivity contribution in [2.45, 2.75) is 26.9 Å². The van der Waals surface area contributed by atoms with E-state index in [0.717, 1.165) is 0 Å². The van der Waals surface area contributed by atoms with E-state index in [0.29, 0.717) is 6.54 Å². The van der Waals surface area contributed by atoms with Gasteiger partial charge in [0, 0.05) is 19.7 Å². The molecule has 0 bridgehead atoms. The second kappa shape index (κ2) is 5.20. The van der Waals surface area contributed by atoms with E-state index < -0.39 is 12.0 Å². The van der Waals surface area contributed by atoms with Crippen LogP contribution in [-0.4, -0.2) is 23.6 Å². The highest BCUT2D eigenvalue weighted by molar-refractivity contribution is 5.48. The lowest BCUT2D eigenvalue weighted by Crippen LogP contribution is -2.30. The van der Waals surface area contributed by atoms with Crippen LogP contribution in [0.15, 0.2) is 6.07 Å². The van der Waals surface area contributed by atoms with Crippen LogP contribution in [-0.2, 0) is 6.18 Å². The second-order valence-corrected chi connectivity index (χ2v) is 5.49. The molecule has 0 aliphatic carbocycles. The number of aromatic nitrogens is 2. The van der Waals surface area contributed by atoms with E-state index in [9.17, 15) is 13.2 Å². The minimum absolute atomic E-state index is 0.0712. The van der Waals surface area contributed by atoms with Crippen molar-refractivity contribution in [2.24, 2.45) is 11.3 Å². The SMILES string of the molecule is CN(CC(C)(C)C)c1cc(NN)nc(C(F)(F)F)n1. The van der Waals surface area contributed by atoms with Crippen LogP contribution in [0.25, 0.3) is 0 Å². The molecule has 1 rings (SSSR count). The average Bonchev–Trinajstić information content (AvgIpc) is 2.25. The Labute approximate surface area is 110 Å². The largest absolute Gasteiger partial charge is 0.451 e. The predicted molar refractivity (Wildman–Crippen MR) is 67.6 cm³/mol. The first kappa shape index (κ1) is 15.5. The third-order valence-electron chi connectivity index (χ3n) is 2.22. The molecule has 108 valence electrons. The predicted octanol–water partition coefficient (Wildman–Crippen LogP) is 2.26. The quantitative estimate of drug-likeness (QED) is 0.655. The smallest absolute Gasteiger partial charge is 0.359 e. The van der Waals surface area contributed by atoms with Crippen LogP contribution >= 0.6 is 0 Å². The number of rotatable bonds is 3. The Morgan fingerprint density at radius 2 is 1.84 bits per heavy atom. The average molecular weight is 277 g/mol. The summed E-state index contributed by atoms with van der Waals surface area (Å²) in [6.45, 7) is 6.50. The lowest BCUT2D eigenvalue weighted by Gasteiger charge is -2.27. The number of hydrogen-bond donors (Lipinski definition) is 2. The van der Waals surface area contributed by atoms with Gasteiger partial charge in [-0.1, -0.05) is 20.8 Å². The van der Waals surface area contributed by atoms with Crippen molar-refractivity contribution in [1.29, 1.82) is 0 Å². The third-order valence-corrected chi connectivity index (χ3v) is 2.22. The van der Waals surface area contributed by atoms with Crippen molar-refractivity contribution < 1.29 is 13.2 Å². The van der Waals surface area contributed by atoms with Gasteiger partial charge in [0.25, 0.3) is 0 Å². The van der Waals surface area contributed by atoms with Crippen LogP contribution in [0.2, 0.25) is 0 Å². The van der Waals surface area contributed by atoms with Gasteiger partial charge in [0.2, 0.25) is 5.82 Å². The number of anilines is 2. The number of nitrogens with two attached hydrogens (primary N) is 1. The number of nitrogen functional groups attached to an aromatic ring is 1. The van der Waals surface area contributed by atoms with Gasteiger partial charge < -0.3 is 10.3 Å². The number of halogens is 3. The molecule has 0 amide bonds. The first-order valence-corrected chi connectivity index (χ1v) is 5.67. The third kappa shape index (κ3) is 4.55. The molecule has 8 heteroatoms. The second-order valence-electron chi connectivity index (χ2n) is 5.49. The lowest BCUT2D eigenvalue weighted by molar-refractivity contribution is -0.144. The van der Waals surface area contributed by atoms with Gasteiger partial charge in [0.1, 0.15) is 11.6 Å². The zero-order chi connectivity index (χ0) is 14.8. The van der Waals surface area contributed by atoms with Crippen molar-refractivity contribution in [2.75, 3.05) is 23.9 Å². The fourth-order valence-corrected chi connectivity index (χ4v) is 1.62. The highest BCUT2D eigenvalue weighted by Crippen LogP contribution is 2.29. The minimum atomic E-state index is -4.61. The fraction of sp³-hybridized carbons (Fsp3) is 0.636. The van der Waals surface area contributed by atoms with E-state index in [4.69, 9.17) is 5.84 Å². The summed E-state index contributed by atoms with van der Waals surface area (Å²) in [4.78, 5) is 8.47. The zero-order valence-electron chi connectivity index (χ0n) is 11.3. The van der Waals surface area contributed by atoms with Gasteiger partial charge in [0.15, 0.2) is 0 Å². The first-order chi connectivity index (χ1) is 8.53. The maximum Gasteiger partial charge on any atom is 0.451 e. The summed E-state index contributed by atoms with van der Waals surface area (Å²) in [5.41, 5.74) is 2.04. The molecule has 19 heavy (non-hydrogen) atoms. The van der Waals surface area contributed by atoms with E-state index in [-0.39, 0.29) is 17.1 Å². The normalized spacial score (nSPS) is 12.4. The van der Waals surface area contributed by atoms with Crippen molar-refractivity contribution in [1.82, 2.24) is 9.97 Å². The van der Waals surface area contributed by atoms with Gasteiger partial charge in [0.05, 0.1) is 0 Å². The molecule has 0 aliphatic heterocycles. The van der Waals surface area contributed by atoms with Gasteiger partial charge >= 0.3 is 6.18 Å². The van der Waals surface area contributed by atoms with Crippen LogP contribution in [0.5, 0.6) is 0 Å². The summed E-state index contributed by atoms with van der Waals surface area (Å²) >= 11 is 0. The molecule has 0 saturated heterocycles. The molecular formula is C11H18F3N5. The Balaban J connectivity index is 3.13. The summed E-state index contributed by atoms with van der Waals surface area (Å²) < 4.78 is 38.0. The molecule has 0 saturated carbocycles. The Morgan fingerprint density at radius 3 is 2.26 bits per heavy atom. The number of hydrogen-bond acceptors (Lipinski definition) is 5. The van der Waals surface area contributed by atoms with Gasteiger partial charge in [-0.05, 0) is 5.41 Å². The number of nitrogens with one attached hydrogen (secondary N) is 1. The topological polar surface area (TPSA) is 67.1 Å². The molecule has 1 aromatic heterocycles. The number of nitrogens with zero attached hydrogens (tertiary/aromatic N) is 3. The van der Waals surface area contributed by atoms with Crippen molar-refractivity contribution in [3.05, 3.63) is 11.9 Å². The fourth-order valence-electron chi connectivity index (χ4n) is 1.62. The Hall–Kier alpha value is -1.57. The molecule has 0 radical (unpaired) electrons. The lowest BCUT2D eigenvalue weighted by atomic mass is 9.96. The molecule has 3 N–H and O–H groups in total. The standard InChI is InChI=1S/C11H18F3N5/c1-10(2,3)6-19(4)8-5-7(18-15)16-9(17-8)11(12,13)14/h5H,6,15H2,1-4H3,(H,16,17,18). The van der Waals surface area contributed by atoms with Gasteiger partial charge in [-0.25, -0.2) is 15.8 Å². The maximum absolute atomic E-state index is 12.7. The molecule has 1 heterocycles. The zero-order valence-corrected chi connectivity index (χ0v) is 11.3. The van der Waals surface area contributed by atoms with E-state index in [2.05, 4.69) is 15.4 Å². The Bertz CT molecular complexity index is 439.